The molecule has 2 fully saturated rings. The molecule has 1 aromatic heterocycles. The predicted molar refractivity (Wildman–Crippen MR) is 82.3 cm³/mol. The average Bonchev–Trinajstić information content (AvgIpc) is 3.11. The molecule has 0 saturated carbocycles. The zero-order valence-electron chi connectivity index (χ0n) is 13.0. The number of ether oxygens (including phenoxy) is 2. The molecule has 2 saturated heterocycles. The second-order valence-corrected chi connectivity index (χ2v) is 5.86. The molecule has 2 aliphatic rings. The van der Waals surface area contributed by atoms with Gasteiger partial charge in [0.2, 0.25) is 0 Å². The Morgan fingerprint density at radius 2 is 2.17 bits per heavy atom. The van der Waals surface area contributed by atoms with Gasteiger partial charge in [-0.3, -0.25) is 14.5 Å². The minimum atomic E-state index is -0.323. The van der Waals surface area contributed by atoms with Gasteiger partial charge >= 0.3 is 0 Å². The van der Waals surface area contributed by atoms with Crippen LogP contribution < -0.4 is 10.9 Å². The molecule has 2 unspecified atom stereocenters. The van der Waals surface area contributed by atoms with Crippen molar-refractivity contribution in [2.24, 2.45) is 5.92 Å². The lowest BCUT2D eigenvalue weighted by molar-refractivity contribution is 0.00165. The van der Waals surface area contributed by atoms with Crippen LogP contribution in [0, 0.1) is 5.92 Å². The third-order valence-electron chi connectivity index (χ3n) is 4.41. The summed E-state index contributed by atoms with van der Waals surface area (Å²) in [5.74, 6) is 0.135. The molecule has 0 radical (unpaired) electrons. The van der Waals surface area contributed by atoms with E-state index in [0.29, 0.717) is 12.5 Å². The summed E-state index contributed by atoms with van der Waals surface area (Å²) in [6.45, 7) is 5.23. The van der Waals surface area contributed by atoms with Crippen LogP contribution in [0.5, 0.6) is 0 Å². The lowest BCUT2D eigenvalue weighted by atomic mass is 9.97. The van der Waals surface area contributed by atoms with Gasteiger partial charge in [0.1, 0.15) is 5.69 Å². The largest absolute Gasteiger partial charge is 0.381 e. The number of rotatable bonds is 5. The van der Waals surface area contributed by atoms with Crippen molar-refractivity contribution in [1.82, 2.24) is 20.4 Å². The third-order valence-corrected chi connectivity index (χ3v) is 4.41. The SMILES string of the molecule is O=C(NCC(C1CCOC1)N1CCOCC1)c1ccc(=O)[nH]n1. The van der Waals surface area contributed by atoms with E-state index < -0.39 is 0 Å². The number of H-pyrrole nitrogens is 1. The summed E-state index contributed by atoms with van der Waals surface area (Å²) in [4.78, 5) is 25.6. The first-order chi connectivity index (χ1) is 11.2. The lowest BCUT2D eigenvalue weighted by Crippen LogP contribution is -2.52. The molecule has 2 atom stereocenters. The van der Waals surface area contributed by atoms with E-state index in [-0.39, 0.29) is 23.2 Å². The normalized spacial score (nSPS) is 23.6. The summed E-state index contributed by atoms with van der Waals surface area (Å²) in [6.07, 6.45) is 1.01. The van der Waals surface area contributed by atoms with Crippen LogP contribution in [0.4, 0.5) is 0 Å². The molecule has 1 aromatic rings. The molecular weight excluding hydrogens is 300 g/mol. The molecule has 8 nitrogen and oxygen atoms in total. The molecule has 8 heteroatoms. The fourth-order valence-corrected chi connectivity index (χ4v) is 3.12. The maximum Gasteiger partial charge on any atom is 0.271 e. The zero-order chi connectivity index (χ0) is 16.1. The predicted octanol–water partition coefficient (Wildman–Crippen LogP) is -0.763. The number of aromatic amines is 1. The first kappa shape index (κ1) is 16.1. The fourth-order valence-electron chi connectivity index (χ4n) is 3.12. The molecule has 0 spiro atoms. The van der Waals surface area contributed by atoms with Gasteiger partial charge in [-0.05, 0) is 12.5 Å². The zero-order valence-corrected chi connectivity index (χ0v) is 13.0. The van der Waals surface area contributed by atoms with Crippen LogP contribution >= 0.6 is 0 Å². The van der Waals surface area contributed by atoms with E-state index in [0.717, 1.165) is 45.9 Å². The fraction of sp³-hybridized carbons (Fsp3) is 0.667. The van der Waals surface area contributed by atoms with Crippen LogP contribution in [-0.4, -0.2) is 73.1 Å². The Kier molecular flexibility index (Phi) is 5.37. The van der Waals surface area contributed by atoms with Crippen molar-refractivity contribution in [1.29, 1.82) is 0 Å². The molecule has 2 N–H and O–H groups in total. The number of nitrogens with zero attached hydrogens (tertiary/aromatic N) is 2. The van der Waals surface area contributed by atoms with E-state index in [1.54, 1.807) is 0 Å². The summed E-state index contributed by atoms with van der Waals surface area (Å²) >= 11 is 0. The summed E-state index contributed by atoms with van der Waals surface area (Å²) in [5.41, 5.74) is -0.108. The number of carbonyl (C=O) groups excluding carboxylic acids is 1. The molecule has 126 valence electrons. The summed E-state index contributed by atoms with van der Waals surface area (Å²) in [6, 6.07) is 2.95. The second-order valence-electron chi connectivity index (χ2n) is 5.86. The van der Waals surface area contributed by atoms with Gasteiger partial charge in [-0.25, -0.2) is 5.10 Å². The van der Waals surface area contributed by atoms with Crippen molar-refractivity contribution >= 4 is 5.91 Å². The number of morpholine rings is 1. The Bertz CT molecular complexity index is 559. The molecule has 3 heterocycles. The molecule has 2 aliphatic heterocycles. The van der Waals surface area contributed by atoms with Gasteiger partial charge in [-0.1, -0.05) is 0 Å². The Labute approximate surface area is 134 Å². The van der Waals surface area contributed by atoms with E-state index >= 15 is 0 Å². The van der Waals surface area contributed by atoms with Crippen LogP contribution in [0.1, 0.15) is 16.9 Å². The smallest absolute Gasteiger partial charge is 0.271 e. The molecule has 0 aromatic carbocycles. The molecule has 0 aliphatic carbocycles. The Balaban J connectivity index is 1.62. The average molecular weight is 322 g/mol. The monoisotopic (exact) mass is 322 g/mol. The maximum atomic E-state index is 12.2. The number of aromatic nitrogens is 2. The number of nitrogens with one attached hydrogen (secondary N) is 2. The summed E-state index contributed by atoms with van der Waals surface area (Å²) in [7, 11) is 0. The lowest BCUT2D eigenvalue weighted by Gasteiger charge is -2.37. The molecule has 0 bridgehead atoms. The minimum absolute atomic E-state index is 0.216. The number of amides is 1. The van der Waals surface area contributed by atoms with E-state index in [9.17, 15) is 9.59 Å². The van der Waals surface area contributed by atoms with Crippen LogP contribution in [0.2, 0.25) is 0 Å². The van der Waals surface area contributed by atoms with E-state index in [2.05, 4.69) is 20.4 Å². The standard InChI is InChI=1S/C15H22N4O4/c20-14-2-1-12(17-18-14)15(21)16-9-13(11-3-6-23-10-11)19-4-7-22-8-5-19/h1-2,11,13H,3-10H2,(H,16,21)(H,18,20). The van der Waals surface area contributed by atoms with Gasteiger partial charge in [-0.2, -0.15) is 5.10 Å². The van der Waals surface area contributed by atoms with E-state index in [1.165, 1.54) is 12.1 Å². The van der Waals surface area contributed by atoms with Gasteiger partial charge in [0.25, 0.3) is 11.5 Å². The first-order valence-electron chi connectivity index (χ1n) is 7.97. The number of hydrogen-bond donors (Lipinski definition) is 2. The summed E-state index contributed by atoms with van der Waals surface area (Å²) in [5, 5.41) is 8.96. The Hall–Kier alpha value is -1.77. The molecule has 3 rings (SSSR count). The van der Waals surface area contributed by atoms with Crippen LogP contribution in [0.15, 0.2) is 16.9 Å². The van der Waals surface area contributed by atoms with Crippen molar-refractivity contribution < 1.29 is 14.3 Å². The third kappa shape index (κ3) is 4.15. The highest BCUT2D eigenvalue weighted by Gasteiger charge is 2.31. The number of carbonyl (C=O) groups is 1. The van der Waals surface area contributed by atoms with Gasteiger partial charge in [-0.15, -0.1) is 0 Å². The van der Waals surface area contributed by atoms with Crippen LogP contribution in [0.25, 0.3) is 0 Å². The molecular formula is C15H22N4O4. The minimum Gasteiger partial charge on any atom is -0.381 e. The summed E-state index contributed by atoms with van der Waals surface area (Å²) < 4.78 is 10.9. The molecule has 23 heavy (non-hydrogen) atoms. The Morgan fingerprint density at radius 3 is 2.83 bits per heavy atom. The number of hydrogen-bond acceptors (Lipinski definition) is 6. The van der Waals surface area contributed by atoms with Crippen molar-refractivity contribution in [2.45, 2.75) is 12.5 Å². The van der Waals surface area contributed by atoms with Crippen molar-refractivity contribution in [3.05, 3.63) is 28.2 Å². The van der Waals surface area contributed by atoms with Gasteiger partial charge in [0, 0.05) is 44.3 Å². The maximum absolute atomic E-state index is 12.2. The molecule has 1 amide bonds. The van der Waals surface area contributed by atoms with Crippen LogP contribution in [-0.2, 0) is 9.47 Å². The van der Waals surface area contributed by atoms with Gasteiger partial charge in [0.05, 0.1) is 19.8 Å². The van der Waals surface area contributed by atoms with Crippen molar-refractivity contribution in [3.63, 3.8) is 0 Å². The highest BCUT2D eigenvalue weighted by atomic mass is 16.5. The topological polar surface area (TPSA) is 96.5 Å². The van der Waals surface area contributed by atoms with Gasteiger partial charge in [0.15, 0.2) is 0 Å². The second kappa shape index (κ2) is 7.67. The van der Waals surface area contributed by atoms with Crippen molar-refractivity contribution in [2.75, 3.05) is 46.1 Å². The van der Waals surface area contributed by atoms with Crippen LogP contribution in [0.3, 0.4) is 0 Å². The van der Waals surface area contributed by atoms with E-state index in [4.69, 9.17) is 9.47 Å². The van der Waals surface area contributed by atoms with Crippen molar-refractivity contribution in [3.8, 4) is 0 Å². The van der Waals surface area contributed by atoms with Gasteiger partial charge < -0.3 is 14.8 Å². The highest BCUT2D eigenvalue weighted by Crippen LogP contribution is 2.21. The quantitative estimate of drug-likeness (QED) is 0.739. The first-order valence-corrected chi connectivity index (χ1v) is 7.97. The van der Waals surface area contributed by atoms with E-state index in [1.807, 2.05) is 0 Å². The highest BCUT2D eigenvalue weighted by molar-refractivity contribution is 5.91. The Morgan fingerprint density at radius 1 is 1.35 bits per heavy atom.